The Hall–Kier alpha value is -0.900. The van der Waals surface area contributed by atoms with Crippen LogP contribution in [0.2, 0.25) is 0 Å². The highest BCUT2D eigenvalue weighted by atomic mass is 16.2. The number of rotatable bonds is 6. The van der Waals surface area contributed by atoms with Gasteiger partial charge in [0.05, 0.1) is 12.1 Å². The topological polar surface area (TPSA) is 58.2 Å². The minimum absolute atomic E-state index is 0.0765. The first kappa shape index (κ1) is 18.1. The Morgan fingerprint density at radius 2 is 1.42 bits per heavy atom. The number of hydrogen-bond acceptors (Lipinski definition) is 3. The highest BCUT2D eigenvalue weighted by Crippen LogP contribution is 2.20. The van der Waals surface area contributed by atoms with Gasteiger partial charge in [0.15, 0.2) is 5.78 Å². The van der Waals surface area contributed by atoms with Gasteiger partial charge in [-0.3, -0.25) is 9.59 Å². The molecule has 0 saturated heterocycles. The fourth-order valence-corrected chi connectivity index (χ4v) is 1.86. The summed E-state index contributed by atoms with van der Waals surface area (Å²) in [5, 5.41) is 6.02. The molecule has 0 aliphatic heterocycles. The molecule has 0 aliphatic carbocycles. The number of Topliss-reactive ketones (excluding diaryl/α,β-unsaturated/α-hetero) is 1. The molecule has 0 heterocycles. The molecule has 0 aromatic heterocycles. The minimum atomic E-state index is -0.447. The summed E-state index contributed by atoms with van der Waals surface area (Å²) in [7, 11) is 0. The van der Waals surface area contributed by atoms with E-state index in [2.05, 4.69) is 10.6 Å². The quantitative estimate of drug-likeness (QED) is 0.777. The van der Waals surface area contributed by atoms with E-state index in [1.54, 1.807) is 0 Å². The highest BCUT2D eigenvalue weighted by Gasteiger charge is 2.33. The Morgan fingerprint density at radius 3 is 1.74 bits per heavy atom. The van der Waals surface area contributed by atoms with Crippen LogP contribution in [-0.2, 0) is 9.59 Å². The van der Waals surface area contributed by atoms with Gasteiger partial charge in [0, 0.05) is 11.5 Å². The summed E-state index contributed by atoms with van der Waals surface area (Å²) < 4.78 is 0. The van der Waals surface area contributed by atoms with Crippen molar-refractivity contribution >= 4 is 11.7 Å². The lowest BCUT2D eigenvalue weighted by Gasteiger charge is -2.29. The van der Waals surface area contributed by atoms with Crippen LogP contribution in [0, 0.1) is 11.3 Å². The Balaban J connectivity index is 4.78. The average Bonchev–Trinajstić information content (AvgIpc) is 2.21. The number of nitrogens with one attached hydrogen (secondary N) is 2. The van der Waals surface area contributed by atoms with Gasteiger partial charge in [0.25, 0.3) is 0 Å². The standard InChI is InChI=1S/C15H30N2O2/c1-9(2)12(13(18)15(6,7)8)17-14(19)11(5)16-10(3)4/h9-12,16H,1-8H3,(H,17,19)/t11-,12-/m0/s1. The molecule has 0 bridgehead atoms. The van der Waals surface area contributed by atoms with Crippen LogP contribution in [0.5, 0.6) is 0 Å². The van der Waals surface area contributed by atoms with Crippen LogP contribution in [0.3, 0.4) is 0 Å². The Labute approximate surface area is 117 Å². The molecule has 0 rings (SSSR count). The van der Waals surface area contributed by atoms with Crippen molar-refractivity contribution in [1.29, 1.82) is 0 Å². The van der Waals surface area contributed by atoms with Crippen molar-refractivity contribution < 1.29 is 9.59 Å². The molecule has 0 radical (unpaired) electrons. The molecule has 4 heteroatoms. The first-order chi connectivity index (χ1) is 8.46. The van der Waals surface area contributed by atoms with Crippen LogP contribution in [0.25, 0.3) is 0 Å². The van der Waals surface area contributed by atoms with Gasteiger partial charge < -0.3 is 10.6 Å². The molecule has 0 aliphatic rings. The normalized spacial score (nSPS) is 15.5. The molecule has 0 aromatic carbocycles. The van der Waals surface area contributed by atoms with Crippen molar-refractivity contribution in [3.8, 4) is 0 Å². The number of carbonyl (C=O) groups is 2. The van der Waals surface area contributed by atoms with Gasteiger partial charge in [0.1, 0.15) is 0 Å². The molecular formula is C15H30N2O2. The third-order valence-electron chi connectivity index (χ3n) is 2.96. The zero-order valence-electron chi connectivity index (χ0n) is 13.6. The second-order valence-electron chi connectivity index (χ2n) is 6.89. The molecule has 4 nitrogen and oxygen atoms in total. The lowest BCUT2D eigenvalue weighted by atomic mass is 9.82. The van der Waals surface area contributed by atoms with Crippen LogP contribution >= 0.6 is 0 Å². The molecule has 0 spiro atoms. The summed E-state index contributed by atoms with van der Waals surface area (Å²) in [6, 6.07) is -0.491. The van der Waals surface area contributed by atoms with Gasteiger partial charge in [-0.05, 0) is 12.8 Å². The van der Waals surface area contributed by atoms with E-state index in [-0.39, 0.29) is 29.7 Å². The minimum Gasteiger partial charge on any atom is -0.345 e. The van der Waals surface area contributed by atoms with E-state index in [1.165, 1.54) is 0 Å². The van der Waals surface area contributed by atoms with Gasteiger partial charge in [-0.15, -0.1) is 0 Å². The van der Waals surface area contributed by atoms with Crippen molar-refractivity contribution in [2.45, 2.75) is 73.5 Å². The maximum Gasteiger partial charge on any atom is 0.237 e. The van der Waals surface area contributed by atoms with E-state index in [0.717, 1.165) is 0 Å². The predicted octanol–water partition coefficient (Wildman–Crippen LogP) is 2.13. The van der Waals surface area contributed by atoms with Gasteiger partial charge in [-0.1, -0.05) is 48.5 Å². The molecule has 0 unspecified atom stereocenters. The van der Waals surface area contributed by atoms with E-state index in [4.69, 9.17) is 0 Å². The third kappa shape index (κ3) is 6.19. The van der Waals surface area contributed by atoms with Crippen molar-refractivity contribution in [2.75, 3.05) is 0 Å². The van der Waals surface area contributed by atoms with E-state index < -0.39 is 11.5 Å². The fraction of sp³-hybridized carbons (Fsp3) is 0.867. The Bertz CT molecular complexity index is 317. The molecule has 112 valence electrons. The van der Waals surface area contributed by atoms with Gasteiger partial charge in [-0.2, -0.15) is 0 Å². The maximum absolute atomic E-state index is 12.4. The van der Waals surface area contributed by atoms with Gasteiger partial charge in [0.2, 0.25) is 5.91 Å². The van der Waals surface area contributed by atoms with Crippen molar-refractivity contribution in [1.82, 2.24) is 10.6 Å². The molecule has 19 heavy (non-hydrogen) atoms. The van der Waals surface area contributed by atoms with Gasteiger partial charge >= 0.3 is 0 Å². The lowest BCUT2D eigenvalue weighted by molar-refractivity contribution is -0.134. The monoisotopic (exact) mass is 270 g/mol. The Kier molecular flexibility index (Phi) is 6.70. The van der Waals surface area contributed by atoms with E-state index in [1.807, 2.05) is 55.4 Å². The number of ketones is 1. The van der Waals surface area contributed by atoms with E-state index in [0.29, 0.717) is 0 Å². The second-order valence-corrected chi connectivity index (χ2v) is 6.89. The van der Waals surface area contributed by atoms with Crippen molar-refractivity contribution in [2.24, 2.45) is 11.3 Å². The van der Waals surface area contributed by atoms with Crippen LogP contribution in [0.4, 0.5) is 0 Å². The summed E-state index contributed by atoms with van der Waals surface area (Å²) in [6.45, 7) is 15.3. The lowest BCUT2D eigenvalue weighted by Crippen LogP contribution is -2.54. The zero-order valence-corrected chi connectivity index (χ0v) is 13.6. The first-order valence-electron chi connectivity index (χ1n) is 7.07. The third-order valence-corrected chi connectivity index (χ3v) is 2.96. The molecule has 2 atom stereocenters. The fourth-order valence-electron chi connectivity index (χ4n) is 1.86. The summed E-state index contributed by atoms with van der Waals surface area (Å²) in [5.41, 5.74) is -0.447. The molecule has 2 N–H and O–H groups in total. The summed E-state index contributed by atoms with van der Waals surface area (Å²) in [6.07, 6.45) is 0. The number of carbonyl (C=O) groups excluding carboxylic acids is 2. The van der Waals surface area contributed by atoms with E-state index in [9.17, 15) is 9.59 Å². The largest absolute Gasteiger partial charge is 0.345 e. The second kappa shape index (κ2) is 7.04. The number of hydrogen-bond donors (Lipinski definition) is 2. The smallest absolute Gasteiger partial charge is 0.237 e. The van der Waals surface area contributed by atoms with Gasteiger partial charge in [-0.25, -0.2) is 0 Å². The van der Waals surface area contributed by atoms with E-state index >= 15 is 0 Å². The van der Waals surface area contributed by atoms with Crippen LogP contribution < -0.4 is 10.6 Å². The summed E-state index contributed by atoms with van der Waals surface area (Å²) in [4.78, 5) is 24.5. The summed E-state index contributed by atoms with van der Waals surface area (Å²) >= 11 is 0. The Morgan fingerprint density at radius 1 is 0.947 bits per heavy atom. The van der Waals surface area contributed by atoms with Crippen molar-refractivity contribution in [3.05, 3.63) is 0 Å². The average molecular weight is 270 g/mol. The number of amides is 1. The molecule has 0 saturated carbocycles. The molecular weight excluding hydrogens is 240 g/mol. The molecule has 0 fully saturated rings. The first-order valence-corrected chi connectivity index (χ1v) is 7.07. The van der Waals surface area contributed by atoms with Crippen LogP contribution in [-0.4, -0.2) is 29.8 Å². The highest BCUT2D eigenvalue weighted by molar-refractivity contribution is 5.93. The zero-order chi connectivity index (χ0) is 15.4. The SMILES string of the molecule is CC(C)N[C@@H](C)C(=O)N[C@H](C(=O)C(C)(C)C)C(C)C. The van der Waals surface area contributed by atoms with Crippen LogP contribution in [0.15, 0.2) is 0 Å². The maximum atomic E-state index is 12.4. The van der Waals surface area contributed by atoms with Crippen molar-refractivity contribution in [3.63, 3.8) is 0 Å². The molecule has 1 amide bonds. The predicted molar refractivity (Wildman–Crippen MR) is 79.0 cm³/mol. The molecule has 0 aromatic rings. The summed E-state index contributed by atoms with van der Waals surface area (Å²) in [5.74, 6) is 0.0412. The van der Waals surface area contributed by atoms with Crippen LogP contribution in [0.1, 0.15) is 55.4 Å².